The van der Waals surface area contributed by atoms with Crippen molar-refractivity contribution in [2.45, 2.75) is 6.92 Å². The number of rotatable bonds is 6. The number of hydrogen-bond donors (Lipinski definition) is 1. The zero-order valence-corrected chi connectivity index (χ0v) is 15.5. The Bertz CT molecular complexity index is 922. The molecule has 0 saturated heterocycles. The van der Waals surface area contributed by atoms with Gasteiger partial charge in [0.15, 0.2) is 11.5 Å². The van der Waals surface area contributed by atoms with E-state index in [2.05, 4.69) is 10.5 Å². The molecule has 1 aromatic heterocycles. The van der Waals surface area contributed by atoms with Gasteiger partial charge in [-0.2, -0.15) is 0 Å². The van der Waals surface area contributed by atoms with Crippen LogP contribution in [0.2, 0.25) is 0 Å². The van der Waals surface area contributed by atoms with Crippen molar-refractivity contribution in [3.63, 3.8) is 0 Å². The maximum Gasteiger partial charge on any atom is 0.258 e. The summed E-state index contributed by atoms with van der Waals surface area (Å²) in [5.74, 6) is 1.06. The lowest BCUT2D eigenvalue weighted by Gasteiger charge is -2.13. The second-order valence-corrected chi connectivity index (χ2v) is 5.80. The number of aromatic nitrogens is 1. The average molecular weight is 368 g/mol. The Morgan fingerprint density at radius 3 is 2.19 bits per heavy atom. The van der Waals surface area contributed by atoms with Crippen molar-refractivity contribution >= 4 is 11.8 Å². The van der Waals surface area contributed by atoms with Gasteiger partial charge in [0, 0.05) is 5.56 Å². The third kappa shape index (κ3) is 3.72. The summed E-state index contributed by atoms with van der Waals surface area (Å²) < 4.78 is 21.1. The van der Waals surface area contributed by atoms with Crippen molar-refractivity contribution < 1.29 is 23.5 Å². The minimum absolute atomic E-state index is 0.262. The van der Waals surface area contributed by atoms with Crippen LogP contribution in [0.25, 0.3) is 11.1 Å². The Kier molecular flexibility index (Phi) is 5.30. The topological polar surface area (TPSA) is 82.8 Å². The number of nitrogens with one attached hydrogen (secondary N) is 1. The number of ether oxygens (including phenoxy) is 3. The van der Waals surface area contributed by atoms with Gasteiger partial charge in [0.1, 0.15) is 0 Å². The van der Waals surface area contributed by atoms with Crippen LogP contribution in [0.5, 0.6) is 17.2 Å². The van der Waals surface area contributed by atoms with E-state index in [1.165, 1.54) is 21.3 Å². The van der Waals surface area contributed by atoms with Gasteiger partial charge in [-0.15, -0.1) is 0 Å². The highest BCUT2D eigenvalue weighted by Crippen LogP contribution is 2.38. The summed E-state index contributed by atoms with van der Waals surface area (Å²) in [6.45, 7) is 2.00. The van der Waals surface area contributed by atoms with E-state index in [0.717, 1.165) is 11.1 Å². The molecule has 0 saturated carbocycles. The van der Waals surface area contributed by atoms with E-state index in [4.69, 9.17) is 18.7 Å². The molecule has 0 bridgehead atoms. The summed E-state index contributed by atoms with van der Waals surface area (Å²) in [7, 11) is 4.48. The quantitative estimate of drug-likeness (QED) is 0.710. The van der Waals surface area contributed by atoms with Crippen LogP contribution in [0.15, 0.2) is 47.1 Å². The molecule has 1 N–H and O–H groups in total. The van der Waals surface area contributed by atoms with E-state index in [1.54, 1.807) is 18.3 Å². The predicted molar refractivity (Wildman–Crippen MR) is 101 cm³/mol. The first-order valence-corrected chi connectivity index (χ1v) is 8.20. The lowest BCUT2D eigenvalue weighted by molar-refractivity contribution is 0.102. The lowest BCUT2D eigenvalue weighted by atomic mass is 10.1. The summed E-state index contributed by atoms with van der Waals surface area (Å²) in [6.07, 6.45) is 1.56. The highest BCUT2D eigenvalue weighted by atomic mass is 16.5. The highest BCUT2D eigenvalue weighted by molar-refractivity contribution is 6.06. The number of anilines is 1. The van der Waals surface area contributed by atoms with Gasteiger partial charge in [-0.25, -0.2) is 0 Å². The number of benzene rings is 2. The van der Waals surface area contributed by atoms with Gasteiger partial charge < -0.3 is 18.7 Å². The number of nitrogens with zero attached hydrogens (tertiary/aromatic N) is 1. The molecule has 3 aromatic rings. The number of carbonyl (C=O) groups excluding carboxylic acids is 1. The summed E-state index contributed by atoms with van der Waals surface area (Å²) >= 11 is 0. The van der Waals surface area contributed by atoms with Gasteiger partial charge in [0.25, 0.3) is 5.91 Å². The van der Waals surface area contributed by atoms with Gasteiger partial charge in [-0.1, -0.05) is 35.0 Å². The smallest absolute Gasteiger partial charge is 0.258 e. The van der Waals surface area contributed by atoms with E-state index in [1.807, 2.05) is 31.2 Å². The molecule has 0 radical (unpaired) electrons. The van der Waals surface area contributed by atoms with Crippen LogP contribution >= 0.6 is 0 Å². The molecule has 140 valence electrons. The summed E-state index contributed by atoms with van der Waals surface area (Å²) in [6, 6.07) is 11.0. The maximum absolute atomic E-state index is 12.7. The number of aryl methyl sites for hydroxylation is 1. The third-order valence-electron chi connectivity index (χ3n) is 4.09. The molecular formula is C20H20N2O5. The van der Waals surface area contributed by atoms with Crippen LogP contribution in [0.4, 0.5) is 5.88 Å². The van der Waals surface area contributed by atoms with E-state index in [9.17, 15) is 4.79 Å². The molecular weight excluding hydrogens is 348 g/mol. The van der Waals surface area contributed by atoms with E-state index < -0.39 is 0 Å². The fourth-order valence-corrected chi connectivity index (χ4v) is 2.66. The average Bonchev–Trinajstić information content (AvgIpc) is 3.15. The molecule has 0 atom stereocenters. The summed E-state index contributed by atoms with van der Waals surface area (Å²) in [5.41, 5.74) is 3.05. The zero-order valence-electron chi connectivity index (χ0n) is 15.5. The zero-order chi connectivity index (χ0) is 19.4. The Hall–Kier alpha value is -3.48. The van der Waals surface area contributed by atoms with Gasteiger partial charge >= 0.3 is 0 Å². The lowest BCUT2D eigenvalue weighted by Crippen LogP contribution is -2.12. The highest BCUT2D eigenvalue weighted by Gasteiger charge is 2.19. The molecule has 0 aliphatic heterocycles. The molecule has 3 rings (SSSR count). The number of methoxy groups -OCH3 is 3. The Morgan fingerprint density at radius 2 is 1.63 bits per heavy atom. The van der Waals surface area contributed by atoms with Gasteiger partial charge in [-0.05, 0) is 24.6 Å². The normalized spacial score (nSPS) is 10.4. The van der Waals surface area contributed by atoms with Crippen molar-refractivity contribution in [2.24, 2.45) is 0 Å². The minimum Gasteiger partial charge on any atom is -0.493 e. The SMILES string of the molecule is COc1cc(C(=O)Nc2oncc2-c2ccc(C)cc2)cc(OC)c1OC. The van der Waals surface area contributed by atoms with Gasteiger partial charge in [0.05, 0.1) is 33.1 Å². The molecule has 1 heterocycles. The third-order valence-corrected chi connectivity index (χ3v) is 4.09. The molecule has 0 unspecified atom stereocenters. The summed E-state index contributed by atoms with van der Waals surface area (Å²) in [4.78, 5) is 12.7. The standard InChI is InChI=1S/C20H20N2O5/c1-12-5-7-13(8-6-12)15-11-21-27-20(15)22-19(23)14-9-16(24-2)18(26-4)17(10-14)25-3/h5-11H,1-4H3,(H,22,23). The van der Waals surface area contributed by atoms with Crippen LogP contribution < -0.4 is 19.5 Å². The molecule has 2 aromatic carbocycles. The van der Waals surface area contributed by atoms with Gasteiger partial charge in [0.2, 0.25) is 11.6 Å². The summed E-state index contributed by atoms with van der Waals surface area (Å²) in [5, 5.41) is 6.54. The second kappa shape index (κ2) is 7.82. The van der Waals surface area contributed by atoms with Crippen molar-refractivity contribution in [1.82, 2.24) is 5.16 Å². The van der Waals surface area contributed by atoms with Crippen LogP contribution in [0.1, 0.15) is 15.9 Å². The minimum atomic E-state index is -0.389. The molecule has 0 aliphatic carbocycles. The molecule has 0 fully saturated rings. The van der Waals surface area contributed by atoms with E-state index >= 15 is 0 Å². The predicted octanol–water partition coefficient (Wildman–Crippen LogP) is 3.93. The fourth-order valence-electron chi connectivity index (χ4n) is 2.66. The van der Waals surface area contributed by atoms with Crippen molar-refractivity contribution in [3.05, 3.63) is 53.7 Å². The number of carbonyl (C=O) groups is 1. The molecule has 0 spiro atoms. The first kappa shape index (κ1) is 18.3. The number of amides is 1. The number of hydrogen-bond acceptors (Lipinski definition) is 6. The Labute approximate surface area is 156 Å². The molecule has 7 nitrogen and oxygen atoms in total. The first-order chi connectivity index (χ1) is 13.1. The molecule has 0 aliphatic rings. The van der Waals surface area contributed by atoms with Crippen molar-refractivity contribution in [1.29, 1.82) is 0 Å². The fraction of sp³-hybridized carbons (Fsp3) is 0.200. The van der Waals surface area contributed by atoms with Crippen LogP contribution in [0, 0.1) is 6.92 Å². The van der Waals surface area contributed by atoms with Crippen molar-refractivity contribution in [3.8, 4) is 28.4 Å². The largest absolute Gasteiger partial charge is 0.493 e. The first-order valence-electron chi connectivity index (χ1n) is 8.20. The van der Waals surface area contributed by atoms with Crippen molar-refractivity contribution in [2.75, 3.05) is 26.6 Å². The van der Waals surface area contributed by atoms with E-state index in [0.29, 0.717) is 28.4 Å². The maximum atomic E-state index is 12.7. The second-order valence-electron chi connectivity index (χ2n) is 5.80. The molecule has 1 amide bonds. The van der Waals surface area contributed by atoms with Gasteiger partial charge in [-0.3, -0.25) is 10.1 Å². The van der Waals surface area contributed by atoms with E-state index in [-0.39, 0.29) is 11.8 Å². The van der Waals surface area contributed by atoms with Crippen LogP contribution in [-0.4, -0.2) is 32.4 Å². The van der Waals surface area contributed by atoms with Crippen LogP contribution in [-0.2, 0) is 0 Å². The Balaban J connectivity index is 1.91. The molecule has 27 heavy (non-hydrogen) atoms. The molecule has 7 heteroatoms. The Morgan fingerprint density at radius 1 is 1.00 bits per heavy atom. The monoisotopic (exact) mass is 368 g/mol. The van der Waals surface area contributed by atoms with Crippen LogP contribution in [0.3, 0.4) is 0 Å².